The molecule has 1 heterocycles. The fourth-order valence-electron chi connectivity index (χ4n) is 1.97. The van der Waals surface area contributed by atoms with E-state index in [2.05, 4.69) is 10.2 Å². The molecule has 1 N–H and O–H groups in total. The Hall–Kier alpha value is -2.48. The van der Waals surface area contributed by atoms with E-state index in [0.29, 0.717) is 23.8 Å². The zero-order chi connectivity index (χ0) is 14.7. The summed E-state index contributed by atoms with van der Waals surface area (Å²) in [6, 6.07) is 4.48. The second-order valence-electron chi connectivity index (χ2n) is 3.99. The van der Waals surface area contributed by atoms with Gasteiger partial charge in [-0.2, -0.15) is 0 Å². The monoisotopic (exact) mass is 278 g/mol. The van der Waals surface area contributed by atoms with Crippen molar-refractivity contribution in [2.75, 3.05) is 7.11 Å². The van der Waals surface area contributed by atoms with Crippen LogP contribution in [0.25, 0.3) is 11.4 Å². The number of ether oxygens (including phenoxy) is 1. The average Bonchev–Trinajstić information content (AvgIpc) is 2.89. The first-order chi connectivity index (χ1) is 9.62. The Bertz CT molecular complexity index is 638. The summed E-state index contributed by atoms with van der Waals surface area (Å²) in [5, 5.41) is 27.9. The van der Waals surface area contributed by atoms with E-state index in [1.807, 2.05) is 6.92 Å². The van der Waals surface area contributed by atoms with Crippen molar-refractivity contribution in [3.05, 3.63) is 34.1 Å². The molecule has 1 aromatic carbocycles. The van der Waals surface area contributed by atoms with Crippen molar-refractivity contribution in [1.82, 2.24) is 14.8 Å². The number of methoxy groups -OCH3 is 1. The van der Waals surface area contributed by atoms with Crippen LogP contribution >= 0.6 is 0 Å². The van der Waals surface area contributed by atoms with Gasteiger partial charge in [0.05, 0.1) is 12.0 Å². The number of aliphatic hydroxyl groups excluding tert-OH is 1. The molecule has 2 rings (SSSR count). The molecule has 0 amide bonds. The van der Waals surface area contributed by atoms with Gasteiger partial charge in [0, 0.05) is 18.2 Å². The minimum atomic E-state index is -0.508. The minimum absolute atomic E-state index is 0.110. The molecule has 0 saturated carbocycles. The maximum Gasteiger partial charge on any atom is 0.310 e. The second-order valence-corrected chi connectivity index (χ2v) is 3.99. The van der Waals surface area contributed by atoms with E-state index < -0.39 is 4.92 Å². The fourth-order valence-corrected chi connectivity index (χ4v) is 1.97. The number of nitro benzene ring substituents is 1. The summed E-state index contributed by atoms with van der Waals surface area (Å²) in [5.74, 6) is 1.13. The number of aromatic nitrogens is 3. The highest BCUT2D eigenvalue weighted by Gasteiger charge is 2.18. The number of hydrogen-bond acceptors (Lipinski definition) is 6. The minimum Gasteiger partial charge on any atom is -0.490 e. The number of aliphatic hydroxyl groups is 1. The van der Waals surface area contributed by atoms with Gasteiger partial charge in [-0.05, 0) is 19.1 Å². The maximum atomic E-state index is 10.9. The van der Waals surface area contributed by atoms with Crippen molar-refractivity contribution < 1.29 is 14.8 Å². The first-order valence-electron chi connectivity index (χ1n) is 5.98. The van der Waals surface area contributed by atoms with Gasteiger partial charge >= 0.3 is 5.69 Å². The van der Waals surface area contributed by atoms with Crippen molar-refractivity contribution in [3.8, 4) is 17.1 Å². The molecule has 0 bridgehead atoms. The van der Waals surface area contributed by atoms with Gasteiger partial charge < -0.3 is 14.4 Å². The van der Waals surface area contributed by atoms with Gasteiger partial charge in [-0.15, -0.1) is 10.2 Å². The fraction of sp³-hybridized carbons (Fsp3) is 0.333. The number of nitrogens with zero attached hydrogens (tertiary/aromatic N) is 4. The summed E-state index contributed by atoms with van der Waals surface area (Å²) in [6.07, 6.45) is 0. The third-order valence-electron chi connectivity index (χ3n) is 2.92. The van der Waals surface area contributed by atoms with E-state index >= 15 is 0 Å². The summed E-state index contributed by atoms with van der Waals surface area (Å²) >= 11 is 0. The van der Waals surface area contributed by atoms with Crippen LogP contribution in [0.15, 0.2) is 18.2 Å². The molecule has 106 valence electrons. The van der Waals surface area contributed by atoms with Crippen LogP contribution in [-0.2, 0) is 13.2 Å². The molecule has 0 aliphatic carbocycles. The molecule has 2 aromatic rings. The summed E-state index contributed by atoms with van der Waals surface area (Å²) in [5.41, 5.74) is 0.530. The lowest BCUT2D eigenvalue weighted by atomic mass is 10.1. The highest BCUT2D eigenvalue weighted by molar-refractivity contribution is 5.63. The van der Waals surface area contributed by atoms with Crippen molar-refractivity contribution in [2.45, 2.75) is 20.1 Å². The van der Waals surface area contributed by atoms with Gasteiger partial charge in [-0.25, -0.2) is 0 Å². The quantitative estimate of drug-likeness (QED) is 0.654. The van der Waals surface area contributed by atoms with Gasteiger partial charge in [0.25, 0.3) is 0 Å². The number of benzene rings is 1. The zero-order valence-electron chi connectivity index (χ0n) is 11.1. The SMILES string of the molecule is CCn1c(CO)nnc1-c1ccc([N+](=O)[O-])c(OC)c1. The molecule has 0 aliphatic heterocycles. The largest absolute Gasteiger partial charge is 0.490 e. The third-order valence-corrected chi connectivity index (χ3v) is 2.92. The Balaban J connectivity index is 2.53. The highest BCUT2D eigenvalue weighted by atomic mass is 16.6. The highest BCUT2D eigenvalue weighted by Crippen LogP contribution is 2.31. The molecule has 8 nitrogen and oxygen atoms in total. The van der Waals surface area contributed by atoms with E-state index in [4.69, 9.17) is 4.74 Å². The molecule has 0 radical (unpaired) electrons. The average molecular weight is 278 g/mol. The molecule has 0 spiro atoms. The third kappa shape index (κ3) is 2.32. The van der Waals surface area contributed by atoms with Crippen LogP contribution < -0.4 is 4.74 Å². The lowest BCUT2D eigenvalue weighted by Crippen LogP contribution is -2.03. The summed E-state index contributed by atoms with van der Waals surface area (Å²) < 4.78 is 6.76. The smallest absolute Gasteiger partial charge is 0.310 e. The molecule has 0 saturated heterocycles. The van der Waals surface area contributed by atoms with Crippen LogP contribution in [0, 0.1) is 10.1 Å². The van der Waals surface area contributed by atoms with Crippen molar-refractivity contribution in [2.24, 2.45) is 0 Å². The van der Waals surface area contributed by atoms with E-state index in [0.717, 1.165) is 0 Å². The van der Waals surface area contributed by atoms with Crippen LogP contribution in [-0.4, -0.2) is 31.9 Å². The van der Waals surface area contributed by atoms with Crippen molar-refractivity contribution in [1.29, 1.82) is 0 Å². The van der Waals surface area contributed by atoms with E-state index in [-0.39, 0.29) is 18.0 Å². The van der Waals surface area contributed by atoms with E-state index in [9.17, 15) is 15.2 Å². The van der Waals surface area contributed by atoms with Crippen LogP contribution in [0.3, 0.4) is 0 Å². The van der Waals surface area contributed by atoms with Gasteiger partial charge in [-0.1, -0.05) is 0 Å². The Morgan fingerprint density at radius 1 is 1.45 bits per heavy atom. The molecule has 20 heavy (non-hydrogen) atoms. The lowest BCUT2D eigenvalue weighted by Gasteiger charge is -2.07. The first kappa shape index (κ1) is 13.9. The standard InChI is InChI=1S/C12H14N4O4/c1-3-15-11(7-17)13-14-12(15)8-4-5-9(16(18)19)10(6-8)20-2/h4-6,17H,3,7H2,1-2H3. The molecule has 0 aliphatic rings. The Morgan fingerprint density at radius 3 is 2.75 bits per heavy atom. The number of nitro groups is 1. The zero-order valence-corrected chi connectivity index (χ0v) is 11.1. The Morgan fingerprint density at radius 2 is 2.20 bits per heavy atom. The maximum absolute atomic E-state index is 10.9. The van der Waals surface area contributed by atoms with E-state index in [1.54, 1.807) is 10.6 Å². The summed E-state index contributed by atoms with van der Waals surface area (Å²) in [7, 11) is 1.37. The molecule has 0 unspecified atom stereocenters. The van der Waals surface area contributed by atoms with Gasteiger partial charge in [0.15, 0.2) is 17.4 Å². The van der Waals surface area contributed by atoms with Crippen LogP contribution in [0.4, 0.5) is 5.69 Å². The van der Waals surface area contributed by atoms with Crippen LogP contribution in [0.5, 0.6) is 5.75 Å². The topological polar surface area (TPSA) is 103 Å². The molecule has 0 atom stereocenters. The first-order valence-corrected chi connectivity index (χ1v) is 5.98. The lowest BCUT2D eigenvalue weighted by molar-refractivity contribution is -0.385. The molecule has 1 aromatic heterocycles. The number of hydrogen-bond donors (Lipinski definition) is 1. The molecule has 8 heteroatoms. The second kappa shape index (κ2) is 5.66. The van der Waals surface area contributed by atoms with Gasteiger partial charge in [0.2, 0.25) is 0 Å². The Labute approximate surface area is 114 Å². The van der Waals surface area contributed by atoms with Gasteiger partial charge in [0.1, 0.15) is 6.61 Å². The van der Waals surface area contributed by atoms with Crippen LogP contribution in [0.1, 0.15) is 12.7 Å². The molecule has 0 fully saturated rings. The Kier molecular flexibility index (Phi) is 3.94. The molecular formula is C12H14N4O4. The summed E-state index contributed by atoms with van der Waals surface area (Å²) in [6.45, 7) is 2.26. The normalized spacial score (nSPS) is 10.6. The van der Waals surface area contributed by atoms with Crippen molar-refractivity contribution >= 4 is 5.69 Å². The predicted octanol–water partition coefficient (Wildman–Crippen LogP) is 1.37. The van der Waals surface area contributed by atoms with Crippen molar-refractivity contribution in [3.63, 3.8) is 0 Å². The van der Waals surface area contributed by atoms with Crippen LogP contribution in [0.2, 0.25) is 0 Å². The molecular weight excluding hydrogens is 264 g/mol. The van der Waals surface area contributed by atoms with E-state index in [1.165, 1.54) is 19.2 Å². The summed E-state index contributed by atoms with van der Waals surface area (Å²) in [4.78, 5) is 10.4. The number of rotatable bonds is 5. The predicted molar refractivity (Wildman–Crippen MR) is 70.3 cm³/mol. The van der Waals surface area contributed by atoms with Gasteiger partial charge in [-0.3, -0.25) is 10.1 Å².